The number of rotatable bonds is 5. The van der Waals surface area contributed by atoms with E-state index in [1.807, 2.05) is 6.07 Å². The summed E-state index contributed by atoms with van der Waals surface area (Å²) >= 11 is 0. The number of para-hydroxylation sites is 2. The first-order chi connectivity index (χ1) is 14.5. The molecule has 3 aromatic rings. The Balaban J connectivity index is 1.38. The monoisotopic (exact) mass is 407 g/mol. The molecule has 30 heavy (non-hydrogen) atoms. The van der Waals surface area contributed by atoms with Gasteiger partial charge in [-0.3, -0.25) is 14.9 Å². The van der Waals surface area contributed by atoms with Crippen molar-refractivity contribution >= 4 is 17.8 Å². The van der Waals surface area contributed by atoms with Crippen LogP contribution in [0.5, 0.6) is 11.5 Å². The molecule has 2 aromatic carbocycles. The average molecular weight is 407 g/mol. The number of nitrogens with one attached hydrogen (secondary N) is 1. The van der Waals surface area contributed by atoms with E-state index in [1.54, 1.807) is 43.3 Å². The summed E-state index contributed by atoms with van der Waals surface area (Å²) in [4.78, 5) is 22.7. The smallest absolute Gasteiger partial charge is 0.284 e. The van der Waals surface area contributed by atoms with Gasteiger partial charge in [0.2, 0.25) is 6.10 Å². The van der Waals surface area contributed by atoms with E-state index >= 15 is 0 Å². The molecular weight excluding hydrogens is 390 g/mol. The molecule has 0 spiro atoms. The Labute approximate surface area is 171 Å². The maximum absolute atomic E-state index is 12.2. The molecule has 1 aliphatic heterocycles. The topological polar surface area (TPSA) is 116 Å². The highest BCUT2D eigenvalue weighted by atomic mass is 16.6. The van der Waals surface area contributed by atoms with Gasteiger partial charge in [-0.05, 0) is 42.8 Å². The van der Waals surface area contributed by atoms with E-state index in [-0.39, 0.29) is 12.3 Å². The van der Waals surface area contributed by atoms with Crippen molar-refractivity contribution in [2.75, 3.05) is 6.61 Å². The first-order valence-electron chi connectivity index (χ1n) is 9.08. The number of nitrogens with zero attached hydrogens (tertiary/aromatic N) is 2. The summed E-state index contributed by atoms with van der Waals surface area (Å²) in [6.45, 7) is 1.85. The number of aryl methyl sites for hydroxylation is 1. The van der Waals surface area contributed by atoms with Gasteiger partial charge in [-0.1, -0.05) is 12.1 Å². The van der Waals surface area contributed by atoms with Crippen LogP contribution < -0.4 is 14.9 Å². The Bertz CT molecular complexity index is 1140. The number of hydrazone groups is 1. The van der Waals surface area contributed by atoms with E-state index in [0.29, 0.717) is 28.6 Å². The fourth-order valence-corrected chi connectivity index (χ4v) is 2.99. The number of carbonyl (C=O) groups is 1. The molecule has 9 nitrogen and oxygen atoms in total. The normalized spacial score (nSPS) is 15.2. The van der Waals surface area contributed by atoms with E-state index in [0.717, 1.165) is 5.56 Å². The Morgan fingerprint density at radius 1 is 1.20 bits per heavy atom. The lowest BCUT2D eigenvalue weighted by molar-refractivity contribution is -0.384. The lowest BCUT2D eigenvalue weighted by Crippen LogP contribution is -2.42. The van der Waals surface area contributed by atoms with Crippen LogP contribution in [0.15, 0.2) is 64.1 Å². The molecule has 1 amide bonds. The van der Waals surface area contributed by atoms with Crippen molar-refractivity contribution in [1.29, 1.82) is 0 Å². The molecule has 1 N–H and O–H groups in total. The number of nitro benzene ring substituents is 1. The number of non-ortho nitro benzene ring substituents is 1. The van der Waals surface area contributed by atoms with Gasteiger partial charge in [0.15, 0.2) is 11.5 Å². The lowest BCUT2D eigenvalue weighted by Gasteiger charge is -2.24. The molecule has 0 saturated heterocycles. The number of nitro groups is 1. The van der Waals surface area contributed by atoms with Crippen molar-refractivity contribution in [2.24, 2.45) is 5.10 Å². The van der Waals surface area contributed by atoms with Gasteiger partial charge in [0.1, 0.15) is 18.1 Å². The number of ether oxygens (including phenoxy) is 2. The molecule has 1 aromatic heterocycles. The van der Waals surface area contributed by atoms with Gasteiger partial charge in [0, 0.05) is 17.7 Å². The Hall–Kier alpha value is -4.14. The molecule has 4 rings (SSSR count). The van der Waals surface area contributed by atoms with Gasteiger partial charge in [-0.15, -0.1) is 0 Å². The summed E-state index contributed by atoms with van der Waals surface area (Å²) in [5.41, 5.74) is 3.87. The number of fused-ring (bicyclic) bond motifs is 1. The molecule has 1 unspecified atom stereocenters. The summed E-state index contributed by atoms with van der Waals surface area (Å²) in [6.07, 6.45) is 0.548. The van der Waals surface area contributed by atoms with E-state index in [1.165, 1.54) is 18.3 Å². The van der Waals surface area contributed by atoms with Gasteiger partial charge < -0.3 is 13.9 Å². The fourth-order valence-electron chi connectivity index (χ4n) is 2.99. The van der Waals surface area contributed by atoms with E-state index in [9.17, 15) is 14.9 Å². The van der Waals surface area contributed by atoms with Crippen LogP contribution in [0.25, 0.3) is 11.3 Å². The van der Waals surface area contributed by atoms with E-state index < -0.39 is 16.9 Å². The maximum atomic E-state index is 12.2. The molecule has 0 bridgehead atoms. The third-order valence-corrected chi connectivity index (χ3v) is 4.48. The molecule has 0 radical (unpaired) electrons. The van der Waals surface area contributed by atoms with Crippen LogP contribution in [0.4, 0.5) is 5.69 Å². The first-order valence-corrected chi connectivity index (χ1v) is 9.08. The molecule has 0 fully saturated rings. The van der Waals surface area contributed by atoms with Crippen LogP contribution in [0, 0.1) is 17.0 Å². The van der Waals surface area contributed by atoms with Crippen LogP contribution >= 0.6 is 0 Å². The molecule has 2 heterocycles. The number of amides is 1. The van der Waals surface area contributed by atoms with E-state index in [2.05, 4.69) is 10.5 Å². The molecule has 1 atom stereocenters. The van der Waals surface area contributed by atoms with Crippen LogP contribution in [-0.2, 0) is 4.79 Å². The molecule has 0 saturated carbocycles. The Morgan fingerprint density at radius 2 is 2.00 bits per heavy atom. The van der Waals surface area contributed by atoms with Crippen molar-refractivity contribution in [3.63, 3.8) is 0 Å². The van der Waals surface area contributed by atoms with Crippen LogP contribution in [0.3, 0.4) is 0 Å². The van der Waals surface area contributed by atoms with Crippen molar-refractivity contribution in [1.82, 2.24) is 5.43 Å². The molecule has 9 heteroatoms. The van der Waals surface area contributed by atoms with Gasteiger partial charge in [-0.2, -0.15) is 5.10 Å². The van der Waals surface area contributed by atoms with Crippen LogP contribution in [-0.4, -0.2) is 29.8 Å². The van der Waals surface area contributed by atoms with Gasteiger partial charge >= 0.3 is 0 Å². The standard InChI is InChI=1S/C21H17N3O6/c1-13-10-14(24(26)27)6-8-16(13)17-9-7-15(29-17)11-22-23-21(25)20-12-28-18-4-2-3-5-19(18)30-20/h2-11,20H,12H2,1H3,(H,23,25). The minimum absolute atomic E-state index is 0.0174. The second kappa shape index (κ2) is 8.08. The Morgan fingerprint density at radius 3 is 2.77 bits per heavy atom. The summed E-state index contributed by atoms with van der Waals surface area (Å²) < 4.78 is 16.8. The van der Waals surface area contributed by atoms with Gasteiger partial charge in [0.25, 0.3) is 11.6 Å². The minimum atomic E-state index is -0.813. The zero-order valence-electron chi connectivity index (χ0n) is 15.9. The number of carbonyl (C=O) groups excluding carboxylic acids is 1. The number of hydrogen-bond donors (Lipinski definition) is 1. The highest BCUT2D eigenvalue weighted by Crippen LogP contribution is 2.31. The van der Waals surface area contributed by atoms with Crippen molar-refractivity contribution < 1.29 is 23.6 Å². The molecular formula is C21H17N3O6. The van der Waals surface area contributed by atoms with Gasteiger partial charge in [-0.25, -0.2) is 5.43 Å². The molecule has 0 aliphatic carbocycles. The molecule has 152 valence electrons. The van der Waals surface area contributed by atoms with Gasteiger partial charge in [0.05, 0.1) is 11.1 Å². The zero-order valence-corrected chi connectivity index (χ0v) is 15.9. The third kappa shape index (κ3) is 4.00. The van der Waals surface area contributed by atoms with Crippen molar-refractivity contribution in [3.8, 4) is 22.8 Å². The van der Waals surface area contributed by atoms with Crippen LogP contribution in [0.1, 0.15) is 11.3 Å². The number of hydrogen-bond acceptors (Lipinski definition) is 7. The van der Waals surface area contributed by atoms with Crippen molar-refractivity contribution in [3.05, 3.63) is 76.0 Å². The number of benzene rings is 2. The summed E-state index contributed by atoms with van der Waals surface area (Å²) in [7, 11) is 0. The average Bonchev–Trinajstić information content (AvgIpc) is 3.21. The second-order valence-electron chi connectivity index (χ2n) is 6.56. The zero-order chi connectivity index (χ0) is 21.1. The SMILES string of the molecule is Cc1cc([N+](=O)[O-])ccc1-c1ccc(C=NNC(=O)C2COc3ccccc3O2)o1. The van der Waals surface area contributed by atoms with Crippen LogP contribution in [0.2, 0.25) is 0 Å². The summed E-state index contributed by atoms with van der Waals surface area (Å²) in [6, 6.07) is 15.1. The lowest BCUT2D eigenvalue weighted by atomic mass is 10.1. The quantitative estimate of drug-likeness (QED) is 0.393. The maximum Gasteiger partial charge on any atom is 0.284 e. The third-order valence-electron chi connectivity index (χ3n) is 4.48. The summed E-state index contributed by atoms with van der Waals surface area (Å²) in [5.74, 6) is 1.60. The predicted molar refractivity (Wildman–Crippen MR) is 108 cm³/mol. The highest BCUT2D eigenvalue weighted by Gasteiger charge is 2.27. The highest BCUT2D eigenvalue weighted by molar-refractivity contribution is 5.84. The fraction of sp³-hybridized carbons (Fsp3) is 0.143. The summed E-state index contributed by atoms with van der Waals surface area (Å²) in [5, 5.41) is 14.8. The van der Waals surface area contributed by atoms with Crippen molar-refractivity contribution in [2.45, 2.75) is 13.0 Å². The Kier molecular flexibility index (Phi) is 5.17. The number of furan rings is 1. The predicted octanol–water partition coefficient (Wildman–Crippen LogP) is 3.45. The van der Waals surface area contributed by atoms with E-state index in [4.69, 9.17) is 13.9 Å². The second-order valence-corrected chi connectivity index (χ2v) is 6.56. The largest absolute Gasteiger partial charge is 0.485 e. The first kappa shape index (κ1) is 19.2. The molecule has 1 aliphatic rings. The minimum Gasteiger partial charge on any atom is -0.485 e.